The topological polar surface area (TPSA) is 106 Å². The zero-order chi connectivity index (χ0) is 25.3. The summed E-state index contributed by atoms with van der Waals surface area (Å²) in [6.07, 6.45) is 10.5. The van der Waals surface area contributed by atoms with E-state index in [9.17, 15) is 19.8 Å². The normalized spacial score (nSPS) is 45.7. The Morgan fingerprint density at radius 2 is 1.97 bits per heavy atom. The van der Waals surface area contributed by atoms with Gasteiger partial charge in [-0.05, 0) is 98.2 Å². The molecule has 7 nitrogen and oxygen atoms in total. The summed E-state index contributed by atoms with van der Waals surface area (Å²) in [5.74, 6) is 0.0439. The predicted octanol–water partition coefficient (Wildman–Crippen LogP) is 3.83. The molecule has 4 saturated carbocycles. The van der Waals surface area contributed by atoms with Crippen molar-refractivity contribution in [1.29, 1.82) is 0 Å². The van der Waals surface area contributed by atoms with Gasteiger partial charge in [-0.15, -0.1) is 0 Å². The van der Waals surface area contributed by atoms with Crippen molar-refractivity contribution in [3.8, 4) is 0 Å². The molecule has 2 heterocycles. The molecule has 1 aliphatic heterocycles. The van der Waals surface area contributed by atoms with Crippen LogP contribution in [0, 0.1) is 34.5 Å². The number of rotatable bonds is 3. The molecule has 9 atom stereocenters. The van der Waals surface area contributed by atoms with Crippen LogP contribution in [-0.4, -0.2) is 51.6 Å². The summed E-state index contributed by atoms with van der Waals surface area (Å²) in [4.78, 5) is 28.4. The molecule has 194 valence electrons. The predicted molar refractivity (Wildman–Crippen MR) is 131 cm³/mol. The van der Waals surface area contributed by atoms with Crippen LogP contribution in [0.4, 0.5) is 0 Å². The van der Waals surface area contributed by atoms with Gasteiger partial charge in [-0.1, -0.05) is 13.8 Å². The number of aliphatic hydroxyl groups excluding tert-OH is 1. The molecule has 0 unspecified atom stereocenters. The maximum absolute atomic E-state index is 12.6. The molecule has 36 heavy (non-hydrogen) atoms. The van der Waals surface area contributed by atoms with E-state index in [0.29, 0.717) is 24.3 Å². The number of ether oxygens (including phenoxy) is 2. The molecule has 1 aromatic heterocycles. The molecule has 0 aromatic carbocycles. The minimum atomic E-state index is -0.968. The molecule has 6 rings (SSSR count). The van der Waals surface area contributed by atoms with Crippen molar-refractivity contribution < 1.29 is 29.3 Å². The Balaban J connectivity index is 1.21. The highest BCUT2D eigenvalue weighted by Gasteiger charge is 2.70. The second kappa shape index (κ2) is 8.38. The molecule has 2 N–H and O–H groups in total. The van der Waals surface area contributed by atoms with Crippen LogP contribution in [0.15, 0.2) is 36.2 Å². The van der Waals surface area contributed by atoms with Crippen molar-refractivity contribution in [2.45, 2.75) is 83.0 Å². The summed E-state index contributed by atoms with van der Waals surface area (Å²) < 4.78 is 11.1. The number of hydrogen-bond acceptors (Lipinski definition) is 7. The van der Waals surface area contributed by atoms with Gasteiger partial charge in [0, 0.05) is 23.9 Å². The summed E-state index contributed by atoms with van der Waals surface area (Å²) in [5, 5.41) is 24.0. The number of pyridine rings is 1. The fraction of sp³-hybridized carbons (Fsp3) is 0.690. The first-order valence-electron chi connectivity index (χ1n) is 13.6. The molecule has 0 spiro atoms. The van der Waals surface area contributed by atoms with Crippen molar-refractivity contribution >= 4 is 11.9 Å². The third-order valence-electron chi connectivity index (χ3n) is 11.2. The van der Waals surface area contributed by atoms with Crippen molar-refractivity contribution in [2.75, 3.05) is 6.61 Å². The number of cyclic esters (lactones) is 1. The molecule has 0 radical (unpaired) electrons. The van der Waals surface area contributed by atoms with E-state index in [2.05, 4.69) is 11.9 Å². The van der Waals surface area contributed by atoms with E-state index in [1.165, 1.54) is 0 Å². The van der Waals surface area contributed by atoms with Crippen LogP contribution >= 0.6 is 0 Å². The molecule has 7 heteroatoms. The Morgan fingerprint density at radius 3 is 2.69 bits per heavy atom. The summed E-state index contributed by atoms with van der Waals surface area (Å²) in [7, 11) is 0. The number of carbonyl (C=O) groups excluding carboxylic acids is 2. The molecular formula is C29H37NO6. The van der Waals surface area contributed by atoms with Gasteiger partial charge in [0.15, 0.2) is 0 Å². The number of aromatic nitrogens is 1. The largest absolute Gasteiger partial charge is 0.459 e. The maximum atomic E-state index is 12.6. The number of nitrogens with zero attached hydrogens (tertiary/aromatic N) is 1. The Hall–Kier alpha value is -2.25. The highest BCUT2D eigenvalue weighted by molar-refractivity contribution is 5.89. The van der Waals surface area contributed by atoms with Gasteiger partial charge in [0.1, 0.15) is 12.7 Å². The summed E-state index contributed by atoms with van der Waals surface area (Å²) in [6.45, 7) is 4.65. The van der Waals surface area contributed by atoms with Gasteiger partial charge in [-0.3, -0.25) is 4.98 Å². The van der Waals surface area contributed by atoms with Gasteiger partial charge >= 0.3 is 11.9 Å². The molecule has 0 saturated heterocycles. The van der Waals surface area contributed by atoms with E-state index in [-0.39, 0.29) is 47.8 Å². The smallest absolute Gasteiger partial charge is 0.339 e. The third-order valence-corrected chi connectivity index (χ3v) is 11.2. The summed E-state index contributed by atoms with van der Waals surface area (Å²) in [5.41, 5.74) is -0.266. The molecule has 1 aromatic rings. The monoisotopic (exact) mass is 495 g/mol. The van der Waals surface area contributed by atoms with E-state index in [1.54, 1.807) is 30.6 Å². The molecular weight excluding hydrogens is 458 g/mol. The second-order valence-corrected chi connectivity index (χ2v) is 12.4. The van der Waals surface area contributed by atoms with Crippen LogP contribution in [0.5, 0.6) is 0 Å². The quantitative estimate of drug-likeness (QED) is 0.614. The van der Waals surface area contributed by atoms with Gasteiger partial charge in [-0.2, -0.15) is 0 Å². The van der Waals surface area contributed by atoms with E-state index in [4.69, 9.17) is 9.47 Å². The van der Waals surface area contributed by atoms with Crippen LogP contribution in [0.25, 0.3) is 0 Å². The Morgan fingerprint density at radius 1 is 1.14 bits per heavy atom. The molecule has 0 amide bonds. The van der Waals surface area contributed by atoms with E-state index in [0.717, 1.165) is 44.1 Å². The van der Waals surface area contributed by atoms with Crippen LogP contribution < -0.4 is 0 Å². The fourth-order valence-electron chi connectivity index (χ4n) is 9.16. The van der Waals surface area contributed by atoms with Gasteiger partial charge in [0.2, 0.25) is 0 Å². The molecule has 4 fully saturated rings. The zero-order valence-electron chi connectivity index (χ0n) is 21.2. The Kier molecular flexibility index (Phi) is 5.61. The number of hydrogen-bond donors (Lipinski definition) is 2. The molecule has 4 aliphatic carbocycles. The van der Waals surface area contributed by atoms with Gasteiger partial charge in [0.05, 0.1) is 17.3 Å². The maximum Gasteiger partial charge on any atom is 0.339 e. The van der Waals surface area contributed by atoms with Gasteiger partial charge in [-0.25, -0.2) is 9.59 Å². The zero-order valence-corrected chi connectivity index (χ0v) is 21.2. The highest BCUT2D eigenvalue weighted by Crippen LogP contribution is 2.70. The van der Waals surface area contributed by atoms with E-state index >= 15 is 0 Å². The van der Waals surface area contributed by atoms with Gasteiger partial charge in [0.25, 0.3) is 0 Å². The summed E-state index contributed by atoms with van der Waals surface area (Å²) >= 11 is 0. The average Bonchev–Trinajstić information content (AvgIpc) is 3.41. The molecule has 5 aliphatic rings. The Bertz CT molecular complexity index is 1090. The van der Waals surface area contributed by atoms with Crippen LogP contribution in [0.3, 0.4) is 0 Å². The lowest BCUT2D eigenvalue weighted by Gasteiger charge is -2.65. The number of aliphatic hydroxyl groups is 2. The average molecular weight is 496 g/mol. The number of carbonyl (C=O) groups is 2. The number of esters is 2. The van der Waals surface area contributed by atoms with Crippen LogP contribution in [0.1, 0.15) is 75.6 Å². The van der Waals surface area contributed by atoms with E-state index in [1.807, 2.05) is 6.92 Å². The SMILES string of the molecule is C[C@]12CC[C@H](OC(=O)c3cccnc3)C[C@@H]1CC[C@@H]1[C@@H]2C[C@@H](O)[C@]2(C)[C@H](C3=CC(=O)OC3)CC[C@@]12O. The Labute approximate surface area is 212 Å². The van der Waals surface area contributed by atoms with E-state index < -0.39 is 17.1 Å². The first-order chi connectivity index (χ1) is 17.2. The van der Waals surface area contributed by atoms with Crippen molar-refractivity contribution in [3.05, 3.63) is 41.7 Å². The third kappa shape index (κ3) is 3.34. The van der Waals surface area contributed by atoms with Crippen LogP contribution in [0.2, 0.25) is 0 Å². The van der Waals surface area contributed by atoms with Crippen molar-refractivity contribution in [3.63, 3.8) is 0 Å². The van der Waals surface area contributed by atoms with Crippen molar-refractivity contribution in [1.82, 2.24) is 4.98 Å². The first-order valence-corrected chi connectivity index (χ1v) is 13.6. The lowest BCUT2D eigenvalue weighted by Crippen LogP contribution is -2.67. The number of fused-ring (bicyclic) bond motifs is 5. The van der Waals surface area contributed by atoms with Crippen LogP contribution in [-0.2, 0) is 14.3 Å². The minimum Gasteiger partial charge on any atom is -0.459 e. The van der Waals surface area contributed by atoms with Gasteiger partial charge < -0.3 is 19.7 Å². The van der Waals surface area contributed by atoms with Crippen molar-refractivity contribution in [2.24, 2.45) is 34.5 Å². The standard InChI is InChI=1S/C29H37NO6/c1-27-9-7-20(36-26(33)17-4-3-11-30-15-17)13-19(27)5-6-22-23(27)14-24(31)28(2)21(8-10-29(22,28)34)18-12-25(32)35-16-18/h3-4,11-12,15,19-24,31,34H,5-10,13-14,16H2,1-2H3/t19-,20-,21-,22+,23-,24+,27-,28-,29+/m0/s1. The minimum absolute atomic E-state index is 0.0119. The summed E-state index contributed by atoms with van der Waals surface area (Å²) in [6, 6.07) is 3.47. The fourth-order valence-corrected chi connectivity index (χ4v) is 9.16. The first kappa shape index (κ1) is 24.1. The lowest BCUT2D eigenvalue weighted by molar-refractivity contribution is -0.244. The highest BCUT2D eigenvalue weighted by atomic mass is 16.5. The lowest BCUT2D eigenvalue weighted by atomic mass is 9.42. The second-order valence-electron chi connectivity index (χ2n) is 12.4. The molecule has 0 bridgehead atoms.